The summed E-state index contributed by atoms with van der Waals surface area (Å²) in [4.78, 5) is 15.2. The molecule has 0 saturated heterocycles. The van der Waals surface area contributed by atoms with E-state index in [4.69, 9.17) is 9.47 Å². The van der Waals surface area contributed by atoms with Crippen molar-refractivity contribution in [3.63, 3.8) is 0 Å². The molecule has 0 aliphatic carbocycles. The summed E-state index contributed by atoms with van der Waals surface area (Å²) < 4.78 is 35.6. The Morgan fingerprint density at radius 2 is 2.17 bits per heavy atom. The number of pyridine rings is 1. The lowest BCUT2D eigenvalue weighted by Crippen LogP contribution is -2.12. The number of alkyl halides is 2. The molecule has 0 amide bonds. The third-order valence-corrected chi connectivity index (χ3v) is 2.44. The highest BCUT2D eigenvalue weighted by atomic mass is 19.3. The Balaban J connectivity index is 3.18. The molecule has 1 aromatic rings. The topological polar surface area (TPSA) is 48.4 Å². The van der Waals surface area contributed by atoms with Crippen molar-refractivity contribution in [3.8, 4) is 5.88 Å². The average Bonchev–Trinajstić information content (AvgIpc) is 2.31. The Labute approximate surface area is 104 Å². The van der Waals surface area contributed by atoms with E-state index in [1.54, 1.807) is 13.8 Å². The Morgan fingerprint density at radius 3 is 2.67 bits per heavy atom. The van der Waals surface area contributed by atoms with Gasteiger partial charge in [-0.25, -0.2) is 13.8 Å². The smallest absolute Gasteiger partial charge is 0.310 e. The minimum absolute atomic E-state index is 0.158. The number of methoxy groups -OCH3 is 1. The first-order valence-corrected chi connectivity index (χ1v) is 5.47. The predicted octanol–water partition coefficient (Wildman–Crippen LogP) is 2.44. The van der Waals surface area contributed by atoms with E-state index in [-0.39, 0.29) is 30.0 Å². The number of nitrogens with zero attached hydrogens (tertiary/aromatic N) is 1. The number of aryl methyl sites for hydroxylation is 1. The van der Waals surface area contributed by atoms with Crippen molar-refractivity contribution in [1.82, 2.24) is 4.98 Å². The molecule has 1 heterocycles. The molecule has 0 spiro atoms. The standard InChI is InChI=1S/C12H15F2NO3/c1-4-18-9(16)5-8-7(2)6-15-12(17-3)10(8)11(13)14/h6,11H,4-5H2,1-3H3. The van der Waals surface area contributed by atoms with Crippen LogP contribution in [0.25, 0.3) is 0 Å². The maximum Gasteiger partial charge on any atom is 0.310 e. The normalized spacial score (nSPS) is 10.6. The lowest BCUT2D eigenvalue weighted by Gasteiger charge is -2.14. The van der Waals surface area contributed by atoms with Gasteiger partial charge in [0.2, 0.25) is 5.88 Å². The van der Waals surface area contributed by atoms with Crippen LogP contribution >= 0.6 is 0 Å². The molecule has 0 bridgehead atoms. The average molecular weight is 259 g/mol. The molecule has 0 unspecified atom stereocenters. The van der Waals surface area contributed by atoms with Gasteiger partial charge in [0.05, 0.1) is 25.7 Å². The minimum Gasteiger partial charge on any atom is -0.481 e. The van der Waals surface area contributed by atoms with Gasteiger partial charge >= 0.3 is 5.97 Å². The second-order valence-electron chi connectivity index (χ2n) is 3.63. The van der Waals surface area contributed by atoms with E-state index in [9.17, 15) is 13.6 Å². The van der Waals surface area contributed by atoms with Crippen LogP contribution in [-0.4, -0.2) is 24.7 Å². The number of esters is 1. The number of hydrogen-bond donors (Lipinski definition) is 0. The summed E-state index contributed by atoms with van der Waals surface area (Å²) in [6.07, 6.45) is -1.56. The molecule has 0 radical (unpaired) electrons. The van der Waals surface area contributed by atoms with Crippen molar-refractivity contribution in [2.24, 2.45) is 0 Å². The highest BCUT2D eigenvalue weighted by Crippen LogP contribution is 2.32. The van der Waals surface area contributed by atoms with Gasteiger partial charge < -0.3 is 9.47 Å². The zero-order valence-corrected chi connectivity index (χ0v) is 10.5. The van der Waals surface area contributed by atoms with Gasteiger partial charge in [0.25, 0.3) is 6.43 Å². The molecule has 0 atom stereocenters. The molecule has 18 heavy (non-hydrogen) atoms. The Kier molecular flexibility index (Phi) is 5.00. The van der Waals surface area contributed by atoms with Crippen molar-refractivity contribution in [3.05, 3.63) is 22.9 Å². The summed E-state index contributed by atoms with van der Waals surface area (Å²) in [5.74, 6) is -0.703. The zero-order valence-electron chi connectivity index (χ0n) is 10.5. The highest BCUT2D eigenvalue weighted by molar-refractivity contribution is 5.74. The van der Waals surface area contributed by atoms with Crippen LogP contribution < -0.4 is 4.74 Å². The van der Waals surface area contributed by atoms with Gasteiger partial charge in [0.1, 0.15) is 0 Å². The van der Waals surface area contributed by atoms with Crippen molar-refractivity contribution >= 4 is 5.97 Å². The number of halogens is 2. The second-order valence-corrected chi connectivity index (χ2v) is 3.63. The van der Waals surface area contributed by atoms with E-state index in [2.05, 4.69) is 4.98 Å². The molecular formula is C12H15F2NO3. The molecule has 1 aromatic heterocycles. The molecule has 1 rings (SSSR count). The van der Waals surface area contributed by atoms with Gasteiger partial charge in [-0.3, -0.25) is 4.79 Å². The SMILES string of the molecule is CCOC(=O)Cc1c(C)cnc(OC)c1C(F)F. The molecule has 0 aliphatic heterocycles. The van der Waals surface area contributed by atoms with E-state index in [1.165, 1.54) is 13.3 Å². The molecule has 0 saturated carbocycles. The van der Waals surface area contributed by atoms with Crippen LogP contribution in [0.3, 0.4) is 0 Å². The molecule has 0 aromatic carbocycles. The fraction of sp³-hybridized carbons (Fsp3) is 0.500. The fourth-order valence-electron chi connectivity index (χ4n) is 1.62. The van der Waals surface area contributed by atoms with Crippen molar-refractivity contribution in [2.45, 2.75) is 26.7 Å². The first-order chi connectivity index (χ1) is 8.51. The predicted molar refractivity (Wildman–Crippen MR) is 60.8 cm³/mol. The van der Waals surface area contributed by atoms with E-state index in [0.717, 1.165) is 0 Å². The third kappa shape index (κ3) is 3.15. The minimum atomic E-state index is -2.75. The maximum atomic E-state index is 13.0. The van der Waals surface area contributed by atoms with Crippen LogP contribution in [0.1, 0.15) is 30.0 Å². The largest absolute Gasteiger partial charge is 0.481 e. The number of carbonyl (C=O) groups is 1. The van der Waals surface area contributed by atoms with Crippen LogP contribution in [0, 0.1) is 6.92 Å². The number of aromatic nitrogens is 1. The van der Waals surface area contributed by atoms with Gasteiger partial charge in [0.15, 0.2) is 0 Å². The summed E-state index contributed by atoms with van der Waals surface area (Å²) in [7, 11) is 1.26. The summed E-state index contributed by atoms with van der Waals surface area (Å²) in [6.45, 7) is 3.49. The van der Waals surface area contributed by atoms with Gasteiger partial charge in [-0.2, -0.15) is 0 Å². The lowest BCUT2D eigenvalue weighted by molar-refractivity contribution is -0.142. The van der Waals surface area contributed by atoms with E-state index >= 15 is 0 Å². The summed E-state index contributed by atoms with van der Waals surface area (Å²) in [5.41, 5.74) is 0.389. The van der Waals surface area contributed by atoms with Gasteiger partial charge in [0, 0.05) is 6.20 Å². The van der Waals surface area contributed by atoms with Crippen LogP contribution in [0.4, 0.5) is 8.78 Å². The molecule has 100 valence electrons. The monoisotopic (exact) mass is 259 g/mol. The number of rotatable bonds is 5. The zero-order chi connectivity index (χ0) is 13.7. The van der Waals surface area contributed by atoms with E-state index in [0.29, 0.717) is 5.56 Å². The first-order valence-electron chi connectivity index (χ1n) is 5.47. The summed E-state index contributed by atoms with van der Waals surface area (Å²) in [6, 6.07) is 0. The fourth-order valence-corrected chi connectivity index (χ4v) is 1.62. The molecule has 0 N–H and O–H groups in total. The quantitative estimate of drug-likeness (QED) is 0.762. The molecule has 4 nitrogen and oxygen atoms in total. The second kappa shape index (κ2) is 6.28. The van der Waals surface area contributed by atoms with E-state index < -0.39 is 12.4 Å². The van der Waals surface area contributed by atoms with Gasteiger partial charge in [-0.1, -0.05) is 0 Å². The van der Waals surface area contributed by atoms with Crippen molar-refractivity contribution in [1.29, 1.82) is 0 Å². The Bertz CT molecular complexity index is 436. The first kappa shape index (κ1) is 14.3. The summed E-state index contributed by atoms with van der Waals surface area (Å²) >= 11 is 0. The molecular weight excluding hydrogens is 244 g/mol. The van der Waals surface area contributed by atoms with E-state index in [1.807, 2.05) is 0 Å². The van der Waals surface area contributed by atoms with Crippen LogP contribution in [-0.2, 0) is 16.0 Å². The number of ether oxygens (including phenoxy) is 2. The number of hydrogen-bond acceptors (Lipinski definition) is 4. The lowest BCUT2D eigenvalue weighted by atomic mass is 10.0. The van der Waals surface area contributed by atoms with Crippen LogP contribution in [0.15, 0.2) is 6.20 Å². The Morgan fingerprint density at radius 1 is 1.50 bits per heavy atom. The molecule has 0 aliphatic rings. The third-order valence-electron chi connectivity index (χ3n) is 2.44. The Hall–Kier alpha value is -1.72. The van der Waals surface area contributed by atoms with Crippen LogP contribution in [0.5, 0.6) is 5.88 Å². The molecule has 6 heteroatoms. The highest BCUT2D eigenvalue weighted by Gasteiger charge is 2.23. The van der Waals surface area contributed by atoms with Gasteiger partial charge in [-0.15, -0.1) is 0 Å². The molecule has 0 fully saturated rings. The summed E-state index contributed by atoms with van der Waals surface area (Å²) in [5, 5.41) is 0. The van der Waals surface area contributed by atoms with Crippen LogP contribution in [0.2, 0.25) is 0 Å². The van der Waals surface area contributed by atoms with Gasteiger partial charge in [-0.05, 0) is 25.0 Å². The maximum absolute atomic E-state index is 13.0. The number of carbonyl (C=O) groups excluding carboxylic acids is 1. The van der Waals surface area contributed by atoms with Crippen molar-refractivity contribution in [2.75, 3.05) is 13.7 Å². The van der Waals surface area contributed by atoms with Crippen molar-refractivity contribution < 1.29 is 23.0 Å².